The Labute approximate surface area is 169 Å². The van der Waals surface area contributed by atoms with Crippen LogP contribution in [0.15, 0.2) is 58.1 Å². The van der Waals surface area contributed by atoms with Gasteiger partial charge in [0.1, 0.15) is 0 Å². The first-order valence-electron chi connectivity index (χ1n) is 8.94. The van der Waals surface area contributed by atoms with E-state index in [2.05, 4.69) is 26.2 Å². The van der Waals surface area contributed by atoms with E-state index in [1.165, 1.54) is 8.52 Å². The van der Waals surface area contributed by atoms with Gasteiger partial charge in [-0.1, -0.05) is 0 Å². The van der Waals surface area contributed by atoms with Gasteiger partial charge in [0, 0.05) is 0 Å². The molecule has 0 radical (unpaired) electrons. The van der Waals surface area contributed by atoms with Crippen LogP contribution < -0.4 is 11.1 Å². The SMILES string of the molecule is C[N+](C)(CCn1[se]c2ccccc2c1=O)CCn1[se]c2ccccc2c1=O. The molecule has 27 heavy (non-hydrogen) atoms. The zero-order valence-electron chi connectivity index (χ0n) is 15.4. The second-order valence-corrected chi connectivity index (χ2v) is 11.8. The van der Waals surface area contributed by atoms with E-state index in [0.717, 1.165) is 41.4 Å². The Balaban J connectivity index is 1.45. The van der Waals surface area contributed by atoms with Gasteiger partial charge in [0.2, 0.25) is 0 Å². The summed E-state index contributed by atoms with van der Waals surface area (Å²) in [5.41, 5.74) is 0.332. The van der Waals surface area contributed by atoms with E-state index in [4.69, 9.17) is 0 Å². The number of hydrogen-bond acceptors (Lipinski definition) is 2. The summed E-state index contributed by atoms with van der Waals surface area (Å²) >= 11 is 0.173. The van der Waals surface area contributed by atoms with Crippen molar-refractivity contribution in [2.24, 2.45) is 0 Å². The summed E-state index contributed by atoms with van der Waals surface area (Å²) in [7, 11) is 4.36. The first kappa shape index (κ1) is 18.7. The average Bonchev–Trinajstić information content (AvgIpc) is 3.16. The van der Waals surface area contributed by atoms with Crippen LogP contribution in [0.3, 0.4) is 0 Å². The number of fused-ring (bicyclic) bond motifs is 2. The minimum atomic E-state index is 0.0867. The molecule has 0 unspecified atom stereocenters. The number of rotatable bonds is 6. The van der Waals surface area contributed by atoms with Crippen LogP contribution in [0.4, 0.5) is 0 Å². The molecule has 0 bridgehead atoms. The van der Waals surface area contributed by atoms with Crippen LogP contribution >= 0.6 is 0 Å². The summed E-state index contributed by atoms with van der Waals surface area (Å²) in [6.45, 7) is 3.31. The molecule has 0 saturated heterocycles. The van der Waals surface area contributed by atoms with Gasteiger partial charge < -0.3 is 0 Å². The summed E-state index contributed by atoms with van der Waals surface area (Å²) in [5.74, 6) is 0. The van der Waals surface area contributed by atoms with Crippen LogP contribution in [-0.2, 0) is 13.1 Å². The van der Waals surface area contributed by atoms with Gasteiger partial charge in [-0.25, -0.2) is 0 Å². The third-order valence-electron chi connectivity index (χ3n) is 4.92. The number of benzene rings is 2. The Morgan fingerprint density at radius 2 is 1.15 bits per heavy atom. The van der Waals surface area contributed by atoms with E-state index >= 15 is 0 Å². The van der Waals surface area contributed by atoms with E-state index in [1.807, 2.05) is 43.5 Å². The molecule has 0 aliphatic heterocycles. The van der Waals surface area contributed by atoms with Gasteiger partial charge in [-0.3, -0.25) is 0 Å². The topological polar surface area (TPSA) is 44.0 Å². The number of hydrogen-bond donors (Lipinski definition) is 0. The number of aromatic nitrogens is 2. The average molecular weight is 494 g/mol. The third kappa shape index (κ3) is 3.84. The first-order valence-corrected chi connectivity index (χ1v) is 12.2. The van der Waals surface area contributed by atoms with Gasteiger partial charge in [-0.15, -0.1) is 0 Å². The molecule has 7 heteroatoms. The van der Waals surface area contributed by atoms with Crippen LogP contribution in [0.2, 0.25) is 0 Å². The molecule has 0 aliphatic rings. The standard InChI is InChI=1S/C20H22N3O2Se2/c1-23(2,13-11-21-19(24)15-7-3-5-9-17(15)26-21)14-12-22-20(25)16-8-4-6-10-18(16)27-22/h3-10H,11-14H2,1-2H3/q+1. The van der Waals surface area contributed by atoms with Crippen molar-refractivity contribution >= 4 is 48.8 Å². The van der Waals surface area contributed by atoms with Crippen molar-refractivity contribution in [3.63, 3.8) is 0 Å². The van der Waals surface area contributed by atoms with E-state index in [0.29, 0.717) is 0 Å². The molecule has 4 rings (SSSR count). The van der Waals surface area contributed by atoms with E-state index in [1.54, 1.807) is 0 Å². The summed E-state index contributed by atoms with van der Waals surface area (Å²) in [4.78, 5) is 25.1. The fourth-order valence-corrected chi connectivity index (χ4v) is 7.30. The molecular formula is C20H22N3O2Se2+. The molecule has 2 aromatic heterocycles. The van der Waals surface area contributed by atoms with Crippen molar-refractivity contribution in [3.05, 3.63) is 69.2 Å². The summed E-state index contributed by atoms with van der Waals surface area (Å²) in [5, 5.41) is 1.73. The molecule has 0 atom stereocenters. The van der Waals surface area contributed by atoms with Crippen molar-refractivity contribution in [2.75, 3.05) is 27.2 Å². The Morgan fingerprint density at radius 3 is 1.56 bits per heavy atom. The number of quaternary nitrogens is 1. The Morgan fingerprint density at radius 1 is 0.741 bits per heavy atom. The van der Waals surface area contributed by atoms with Crippen LogP contribution in [0, 0.1) is 0 Å². The van der Waals surface area contributed by atoms with Gasteiger partial charge in [0.05, 0.1) is 0 Å². The Kier molecular flexibility index (Phi) is 5.15. The van der Waals surface area contributed by atoms with Gasteiger partial charge >= 0.3 is 170 Å². The quantitative estimate of drug-likeness (QED) is 0.299. The van der Waals surface area contributed by atoms with Crippen LogP contribution in [-0.4, -0.2) is 68.3 Å². The Hall–Kier alpha value is -1.62. The number of likely N-dealkylation sites (N-methyl/N-ethyl adjacent to an activating group) is 1. The van der Waals surface area contributed by atoms with Crippen molar-refractivity contribution in [2.45, 2.75) is 13.1 Å². The molecular weight excluding hydrogens is 472 g/mol. The van der Waals surface area contributed by atoms with Gasteiger partial charge in [-0.05, 0) is 0 Å². The molecule has 2 aromatic carbocycles. The van der Waals surface area contributed by atoms with E-state index in [9.17, 15) is 9.59 Å². The van der Waals surface area contributed by atoms with E-state index < -0.39 is 0 Å². The second kappa shape index (κ2) is 7.42. The maximum atomic E-state index is 12.5. The molecule has 0 N–H and O–H groups in total. The molecule has 140 valence electrons. The summed E-state index contributed by atoms with van der Waals surface area (Å²) in [6, 6.07) is 15.9. The normalized spacial score (nSPS) is 12.2. The Bertz CT molecular complexity index is 1120. The van der Waals surface area contributed by atoms with Crippen molar-refractivity contribution in [1.82, 2.24) is 7.12 Å². The van der Waals surface area contributed by atoms with Crippen molar-refractivity contribution < 1.29 is 4.48 Å². The van der Waals surface area contributed by atoms with Crippen molar-refractivity contribution in [1.29, 1.82) is 0 Å². The fraction of sp³-hybridized carbons (Fsp3) is 0.300. The van der Waals surface area contributed by atoms with Crippen molar-refractivity contribution in [3.8, 4) is 0 Å². The third-order valence-corrected chi connectivity index (χ3v) is 9.63. The predicted molar refractivity (Wildman–Crippen MR) is 112 cm³/mol. The summed E-state index contributed by atoms with van der Waals surface area (Å²) in [6.07, 6.45) is 0. The monoisotopic (exact) mass is 496 g/mol. The molecule has 2 heterocycles. The van der Waals surface area contributed by atoms with Crippen LogP contribution in [0.1, 0.15) is 0 Å². The minimum absolute atomic E-state index is 0.0867. The van der Waals surface area contributed by atoms with Crippen LogP contribution in [0.25, 0.3) is 19.3 Å². The van der Waals surface area contributed by atoms with Gasteiger partial charge in [-0.2, -0.15) is 0 Å². The molecule has 4 aromatic rings. The zero-order chi connectivity index (χ0) is 19.0. The molecule has 0 amide bonds. The van der Waals surface area contributed by atoms with Crippen LogP contribution in [0.5, 0.6) is 0 Å². The fourth-order valence-electron chi connectivity index (χ4n) is 3.16. The molecule has 0 fully saturated rings. The zero-order valence-corrected chi connectivity index (χ0v) is 18.8. The molecule has 0 aliphatic carbocycles. The summed E-state index contributed by atoms with van der Waals surface area (Å²) < 4.78 is 7.16. The number of nitrogens with zero attached hydrogens (tertiary/aromatic N) is 3. The molecule has 0 saturated carbocycles. The van der Waals surface area contributed by atoms with E-state index in [-0.39, 0.29) is 40.6 Å². The molecule has 0 spiro atoms. The first-order chi connectivity index (χ1) is 12.9. The second-order valence-electron chi connectivity index (χ2n) is 7.37. The predicted octanol–water partition coefficient (Wildman–Crippen LogP) is 1.21. The molecule has 5 nitrogen and oxygen atoms in total. The van der Waals surface area contributed by atoms with Gasteiger partial charge in [0.25, 0.3) is 0 Å². The van der Waals surface area contributed by atoms with Gasteiger partial charge in [0.15, 0.2) is 0 Å². The maximum absolute atomic E-state index is 12.5.